The first-order valence-electron chi connectivity index (χ1n) is 16.3. The van der Waals surface area contributed by atoms with Gasteiger partial charge >= 0.3 is 0 Å². The van der Waals surface area contributed by atoms with Gasteiger partial charge in [-0.3, -0.25) is 4.57 Å². The van der Waals surface area contributed by atoms with Crippen molar-refractivity contribution in [1.82, 2.24) is 4.57 Å². The molecule has 3 aromatic rings. The third-order valence-corrected chi connectivity index (χ3v) is 17.0. The van der Waals surface area contributed by atoms with Crippen LogP contribution in [0.25, 0.3) is 5.69 Å². The van der Waals surface area contributed by atoms with Gasteiger partial charge in [0.25, 0.3) is 8.32 Å². The van der Waals surface area contributed by atoms with E-state index >= 15 is 0 Å². The molecule has 3 aliphatic rings. The highest BCUT2D eigenvalue weighted by atomic mass is 28.4. The number of hydrogen-bond donors (Lipinski definition) is 2. The molecule has 3 atom stereocenters. The minimum absolute atomic E-state index is 0.0553. The summed E-state index contributed by atoms with van der Waals surface area (Å²) >= 11 is 0. The van der Waals surface area contributed by atoms with Crippen LogP contribution >= 0.6 is 0 Å². The van der Waals surface area contributed by atoms with E-state index in [0.717, 1.165) is 60.4 Å². The quantitative estimate of drug-likeness (QED) is 0.251. The third kappa shape index (κ3) is 4.60. The molecule has 1 aliphatic heterocycles. The second-order valence-electron chi connectivity index (χ2n) is 14.1. The molecule has 1 fully saturated rings. The highest BCUT2D eigenvalue weighted by molar-refractivity contribution is 6.78. The molecular weight excluding hydrogens is 554 g/mol. The zero-order valence-electron chi connectivity index (χ0n) is 26.9. The number of para-hydroxylation sites is 1. The maximum Gasteiger partial charge on any atom is 0.258 e. The van der Waals surface area contributed by atoms with Crippen molar-refractivity contribution in [1.29, 1.82) is 0 Å². The smallest absolute Gasteiger partial charge is 0.258 e. The van der Waals surface area contributed by atoms with Gasteiger partial charge in [0.2, 0.25) is 11.8 Å². The van der Waals surface area contributed by atoms with Crippen LogP contribution < -0.4 is 9.16 Å². The number of ether oxygens (including phenoxy) is 2. The fourth-order valence-corrected chi connectivity index (χ4v) is 14.6. The molecule has 6 rings (SSSR count). The summed E-state index contributed by atoms with van der Waals surface area (Å²) in [6, 6.07) is 16.2. The van der Waals surface area contributed by atoms with Gasteiger partial charge in [0.05, 0.1) is 12.3 Å². The molecule has 6 nitrogen and oxygen atoms in total. The molecular formula is C36H49NO5Si. The molecule has 2 aromatic carbocycles. The molecule has 1 saturated carbocycles. The normalized spacial score (nSPS) is 22.5. The fourth-order valence-electron chi connectivity index (χ4n) is 9.36. The molecule has 0 amide bonds. The maximum absolute atomic E-state index is 11.9. The van der Waals surface area contributed by atoms with Crippen LogP contribution in [0.15, 0.2) is 48.5 Å². The average Bonchev–Trinajstić information content (AvgIpc) is 3.53. The predicted molar refractivity (Wildman–Crippen MR) is 174 cm³/mol. The number of aromatic hydroxyl groups is 2. The third-order valence-electron chi connectivity index (χ3n) is 11.0. The second kappa shape index (κ2) is 11.2. The Hall–Kier alpha value is -2.90. The molecule has 1 spiro atoms. The molecule has 0 saturated heterocycles. The first kappa shape index (κ1) is 30.1. The van der Waals surface area contributed by atoms with Crippen LogP contribution in [-0.4, -0.2) is 42.4 Å². The van der Waals surface area contributed by atoms with E-state index in [2.05, 4.69) is 59.7 Å². The van der Waals surface area contributed by atoms with E-state index in [1.807, 2.05) is 30.3 Å². The van der Waals surface area contributed by atoms with E-state index in [9.17, 15) is 10.2 Å². The van der Waals surface area contributed by atoms with Gasteiger partial charge in [0, 0.05) is 36.1 Å². The van der Waals surface area contributed by atoms with Crippen molar-refractivity contribution < 1.29 is 24.1 Å². The van der Waals surface area contributed by atoms with Gasteiger partial charge in [-0.2, -0.15) is 0 Å². The number of methoxy groups -OCH3 is 1. The first-order valence-corrected chi connectivity index (χ1v) is 18.4. The summed E-state index contributed by atoms with van der Waals surface area (Å²) < 4.78 is 21.6. The van der Waals surface area contributed by atoms with Crippen LogP contribution in [0.1, 0.15) is 108 Å². The summed E-state index contributed by atoms with van der Waals surface area (Å²) in [4.78, 5) is 0. The van der Waals surface area contributed by atoms with E-state index in [1.54, 1.807) is 11.7 Å². The standard InChI is InChI=1S/C36H49NO5Si/c1-22(2)43(23(3)4,24(5)6)42-27-15-16-28-29-19-25(21-40-7)31-32(33(29)36(17-11-12-18-36)41-30(28)20-27)35(39)37(34(31)38)26-13-9-8-10-14-26/h8-10,13-16,20,22-25,29,33,38-39H,11-12,17-19,21H2,1-7H3/t25-,29+,33-/m1/s1. The van der Waals surface area contributed by atoms with Gasteiger partial charge < -0.3 is 24.1 Å². The summed E-state index contributed by atoms with van der Waals surface area (Å²) in [7, 11) is -0.423. The lowest BCUT2D eigenvalue weighted by Gasteiger charge is -2.50. The van der Waals surface area contributed by atoms with E-state index in [4.69, 9.17) is 13.9 Å². The summed E-state index contributed by atoms with van der Waals surface area (Å²) in [5.41, 5.74) is 4.54. The van der Waals surface area contributed by atoms with Crippen LogP contribution in [-0.2, 0) is 4.74 Å². The summed E-state index contributed by atoms with van der Waals surface area (Å²) in [5.74, 6) is 2.07. The van der Waals surface area contributed by atoms with Crippen molar-refractivity contribution in [3.63, 3.8) is 0 Å². The van der Waals surface area contributed by atoms with E-state index in [1.165, 1.54) is 5.56 Å². The van der Waals surface area contributed by atoms with E-state index < -0.39 is 13.9 Å². The number of rotatable bonds is 8. The average molecular weight is 604 g/mol. The van der Waals surface area contributed by atoms with Gasteiger partial charge in [0.15, 0.2) is 0 Å². The SMILES string of the molecule is COC[C@H]1C[C@H]2c3ccc(O[Si](C(C)C)(C(C)C)C(C)C)cc3OC3(CCCC3)[C@H]2c2c1c(O)n(-c1ccccc1)c2O. The molecule has 232 valence electrons. The second-order valence-corrected chi connectivity index (χ2v) is 19.5. The fraction of sp³-hybridized carbons (Fsp3) is 0.556. The molecule has 0 bridgehead atoms. The van der Waals surface area contributed by atoms with Gasteiger partial charge in [-0.15, -0.1) is 0 Å². The minimum atomic E-state index is -2.14. The number of nitrogens with zero attached hydrogens (tertiary/aromatic N) is 1. The summed E-state index contributed by atoms with van der Waals surface area (Å²) in [6.07, 6.45) is 4.83. The van der Waals surface area contributed by atoms with Crippen molar-refractivity contribution in [3.8, 4) is 28.9 Å². The number of aromatic nitrogens is 1. The van der Waals surface area contributed by atoms with Crippen LogP contribution in [0.4, 0.5) is 0 Å². The zero-order chi connectivity index (χ0) is 30.7. The highest BCUT2D eigenvalue weighted by Gasteiger charge is 2.57. The van der Waals surface area contributed by atoms with Gasteiger partial charge in [-0.05, 0) is 78.4 Å². The van der Waals surface area contributed by atoms with Crippen LogP contribution in [0.3, 0.4) is 0 Å². The van der Waals surface area contributed by atoms with Crippen LogP contribution in [0.5, 0.6) is 23.3 Å². The lowest BCUT2D eigenvalue weighted by molar-refractivity contribution is 0.00833. The van der Waals surface area contributed by atoms with Crippen molar-refractivity contribution in [3.05, 3.63) is 65.2 Å². The Morgan fingerprint density at radius 2 is 1.53 bits per heavy atom. The van der Waals surface area contributed by atoms with Crippen LogP contribution in [0.2, 0.25) is 16.6 Å². The topological polar surface area (TPSA) is 73.1 Å². The minimum Gasteiger partial charge on any atom is -0.543 e. The molecule has 0 unspecified atom stereocenters. The predicted octanol–water partition coefficient (Wildman–Crippen LogP) is 9.15. The Bertz CT molecular complexity index is 1430. The number of fused-ring (bicyclic) bond motifs is 6. The summed E-state index contributed by atoms with van der Waals surface area (Å²) in [5, 5.41) is 23.6. The highest BCUT2D eigenvalue weighted by Crippen LogP contribution is 2.65. The number of hydrogen-bond acceptors (Lipinski definition) is 5. The lowest BCUT2D eigenvalue weighted by atomic mass is 9.61. The monoisotopic (exact) mass is 603 g/mol. The molecule has 2 N–H and O–H groups in total. The van der Waals surface area contributed by atoms with Crippen molar-refractivity contribution >= 4 is 8.32 Å². The van der Waals surface area contributed by atoms with Crippen LogP contribution in [0, 0.1) is 0 Å². The molecule has 0 radical (unpaired) electrons. The van der Waals surface area contributed by atoms with Crippen molar-refractivity contribution in [2.45, 2.75) is 114 Å². The lowest BCUT2D eigenvalue weighted by Crippen LogP contribution is -2.51. The first-order chi connectivity index (χ1) is 20.6. The molecule has 43 heavy (non-hydrogen) atoms. The zero-order valence-corrected chi connectivity index (χ0v) is 27.9. The van der Waals surface area contributed by atoms with E-state index in [-0.39, 0.29) is 29.5 Å². The van der Waals surface area contributed by atoms with E-state index in [0.29, 0.717) is 23.2 Å². The van der Waals surface area contributed by atoms with Gasteiger partial charge in [-0.1, -0.05) is 65.8 Å². The molecule has 2 aliphatic carbocycles. The Labute approximate surface area is 258 Å². The van der Waals surface area contributed by atoms with Gasteiger partial charge in [-0.25, -0.2) is 0 Å². The molecule has 7 heteroatoms. The number of benzene rings is 2. The maximum atomic E-state index is 11.9. The van der Waals surface area contributed by atoms with Crippen molar-refractivity contribution in [2.24, 2.45) is 0 Å². The Morgan fingerprint density at radius 1 is 0.907 bits per heavy atom. The molecule has 2 heterocycles. The summed E-state index contributed by atoms with van der Waals surface area (Å²) in [6.45, 7) is 14.4. The van der Waals surface area contributed by atoms with Gasteiger partial charge in [0.1, 0.15) is 17.1 Å². The molecule has 1 aromatic heterocycles. The largest absolute Gasteiger partial charge is 0.543 e. The Morgan fingerprint density at radius 3 is 2.14 bits per heavy atom. The Balaban J connectivity index is 1.50. The van der Waals surface area contributed by atoms with Crippen molar-refractivity contribution in [2.75, 3.05) is 13.7 Å². The Kier molecular flexibility index (Phi) is 7.87.